The first-order valence-electron chi connectivity index (χ1n) is 6.63. The van der Waals surface area contributed by atoms with Crippen LogP contribution in [0, 0.1) is 0 Å². The van der Waals surface area contributed by atoms with Gasteiger partial charge in [-0.1, -0.05) is 18.2 Å². The van der Waals surface area contributed by atoms with E-state index in [9.17, 15) is 9.59 Å². The number of hydrogen-bond donors (Lipinski definition) is 0. The fourth-order valence-electron chi connectivity index (χ4n) is 2.43. The number of likely N-dealkylation sites (N-methyl/N-ethyl adjacent to an activating group) is 1. The minimum absolute atomic E-state index is 0.0985. The summed E-state index contributed by atoms with van der Waals surface area (Å²) < 4.78 is 1.24. The summed E-state index contributed by atoms with van der Waals surface area (Å²) in [5, 5.41) is 1.22. The van der Waals surface area contributed by atoms with Crippen molar-refractivity contribution in [3.63, 3.8) is 0 Å². The maximum Gasteiger partial charge on any atom is 0.327 e. The Bertz CT molecular complexity index is 626. The highest BCUT2D eigenvalue weighted by atomic mass is 32.1. The van der Waals surface area contributed by atoms with Gasteiger partial charge in [0.15, 0.2) is 0 Å². The lowest BCUT2D eigenvalue weighted by atomic mass is 10.2. The number of imide groups is 1. The second kappa shape index (κ2) is 4.90. The topological polar surface area (TPSA) is 40.6 Å². The molecule has 3 amide bonds. The van der Waals surface area contributed by atoms with E-state index in [1.807, 2.05) is 12.1 Å². The molecule has 0 radical (unpaired) electrons. The van der Waals surface area contributed by atoms with Gasteiger partial charge in [-0.05, 0) is 24.4 Å². The van der Waals surface area contributed by atoms with Crippen LogP contribution in [0.1, 0.15) is 11.8 Å². The Morgan fingerprint density at radius 1 is 1.25 bits per heavy atom. The predicted molar refractivity (Wildman–Crippen MR) is 79.9 cm³/mol. The molecule has 0 N–H and O–H groups in total. The second-order valence-electron chi connectivity index (χ2n) is 5.06. The third-order valence-electron chi connectivity index (χ3n) is 3.80. The number of nitrogens with zero attached hydrogens (tertiary/aromatic N) is 2. The van der Waals surface area contributed by atoms with Gasteiger partial charge in [0.1, 0.15) is 6.04 Å². The van der Waals surface area contributed by atoms with Crippen LogP contribution < -0.4 is 0 Å². The number of carbonyl (C=O) groups is 2. The molecular weight excluding hydrogens is 272 g/mol. The highest BCUT2D eigenvalue weighted by molar-refractivity contribution is 7.19. The Morgan fingerprint density at radius 2 is 2.00 bits per heavy atom. The quantitative estimate of drug-likeness (QED) is 0.815. The van der Waals surface area contributed by atoms with Crippen LogP contribution in [-0.4, -0.2) is 41.4 Å². The van der Waals surface area contributed by atoms with Crippen LogP contribution in [-0.2, 0) is 11.2 Å². The van der Waals surface area contributed by atoms with Gasteiger partial charge in [0.05, 0.1) is 0 Å². The summed E-state index contributed by atoms with van der Waals surface area (Å²) in [6.07, 6.45) is 0.720. The summed E-state index contributed by atoms with van der Waals surface area (Å²) in [6.45, 7) is 2.22. The maximum absolute atomic E-state index is 12.0. The lowest BCUT2D eigenvalue weighted by Gasteiger charge is -2.13. The lowest BCUT2D eigenvalue weighted by Crippen LogP contribution is -2.33. The van der Waals surface area contributed by atoms with E-state index in [1.165, 1.54) is 24.8 Å². The van der Waals surface area contributed by atoms with E-state index in [-0.39, 0.29) is 18.0 Å². The van der Waals surface area contributed by atoms with E-state index >= 15 is 0 Å². The second-order valence-corrected chi connectivity index (χ2v) is 6.23. The minimum atomic E-state index is -0.343. The average molecular weight is 288 g/mol. The molecule has 0 spiro atoms. The predicted octanol–water partition coefficient (Wildman–Crippen LogP) is 2.73. The number of thiophene rings is 1. The van der Waals surface area contributed by atoms with E-state index in [0.717, 1.165) is 6.42 Å². The third kappa shape index (κ3) is 2.08. The van der Waals surface area contributed by atoms with Gasteiger partial charge in [-0.15, -0.1) is 11.3 Å². The zero-order chi connectivity index (χ0) is 14.3. The van der Waals surface area contributed by atoms with Crippen LogP contribution >= 0.6 is 11.3 Å². The zero-order valence-electron chi connectivity index (χ0n) is 11.5. The van der Waals surface area contributed by atoms with E-state index < -0.39 is 0 Å². The molecular formula is C15H16N2O2S. The van der Waals surface area contributed by atoms with Gasteiger partial charge in [0.25, 0.3) is 5.91 Å². The highest BCUT2D eigenvalue weighted by Gasteiger charge is 2.39. The summed E-state index contributed by atoms with van der Waals surface area (Å²) >= 11 is 1.72. The lowest BCUT2D eigenvalue weighted by molar-refractivity contribution is -0.127. The Labute approximate surface area is 121 Å². The molecule has 2 aromatic rings. The van der Waals surface area contributed by atoms with Crippen molar-refractivity contribution < 1.29 is 9.59 Å². The van der Waals surface area contributed by atoms with E-state index in [1.54, 1.807) is 25.3 Å². The molecule has 104 valence electrons. The van der Waals surface area contributed by atoms with Crippen LogP contribution in [0.25, 0.3) is 10.1 Å². The van der Waals surface area contributed by atoms with Crippen LogP contribution in [0.5, 0.6) is 0 Å². The average Bonchev–Trinajstić information content (AvgIpc) is 2.94. The van der Waals surface area contributed by atoms with Crippen molar-refractivity contribution in [2.24, 2.45) is 0 Å². The molecule has 1 aliphatic heterocycles. The number of fused-ring (bicyclic) bond motifs is 1. The minimum Gasteiger partial charge on any atom is -0.316 e. The van der Waals surface area contributed by atoms with E-state index in [4.69, 9.17) is 0 Å². The normalized spacial score (nSPS) is 19.4. The Balaban J connectivity index is 1.73. The SMILES string of the molecule is C[C@H]1C(=O)N(CCc2cc3ccccc3s2)C(=O)N1C. The summed E-state index contributed by atoms with van der Waals surface area (Å²) in [5.74, 6) is -0.0985. The van der Waals surface area contributed by atoms with Crippen molar-refractivity contribution >= 4 is 33.4 Å². The molecule has 0 bridgehead atoms. The number of amides is 3. The van der Waals surface area contributed by atoms with Crippen molar-refractivity contribution in [1.29, 1.82) is 0 Å². The van der Waals surface area contributed by atoms with Gasteiger partial charge in [0, 0.05) is 29.6 Å². The molecule has 4 nitrogen and oxygen atoms in total. The molecule has 1 aliphatic rings. The van der Waals surface area contributed by atoms with Crippen molar-refractivity contribution in [3.05, 3.63) is 35.2 Å². The summed E-state index contributed by atoms with van der Waals surface area (Å²) in [6, 6.07) is 9.81. The van der Waals surface area contributed by atoms with Gasteiger partial charge in [-0.25, -0.2) is 4.79 Å². The summed E-state index contributed by atoms with van der Waals surface area (Å²) in [7, 11) is 1.67. The first-order chi connectivity index (χ1) is 9.58. The van der Waals surface area contributed by atoms with Crippen LogP contribution in [0.3, 0.4) is 0 Å². The van der Waals surface area contributed by atoms with E-state index in [0.29, 0.717) is 6.54 Å². The Hall–Kier alpha value is -1.88. The monoisotopic (exact) mass is 288 g/mol. The molecule has 2 heterocycles. The third-order valence-corrected chi connectivity index (χ3v) is 4.97. The van der Waals surface area contributed by atoms with Crippen LogP contribution in [0.4, 0.5) is 4.79 Å². The molecule has 1 aromatic carbocycles. The summed E-state index contributed by atoms with van der Waals surface area (Å²) in [5.41, 5.74) is 0. The molecule has 5 heteroatoms. The van der Waals surface area contributed by atoms with Crippen LogP contribution in [0.2, 0.25) is 0 Å². The van der Waals surface area contributed by atoms with Crippen molar-refractivity contribution in [2.45, 2.75) is 19.4 Å². The molecule has 1 fully saturated rings. The smallest absolute Gasteiger partial charge is 0.316 e. The van der Waals surface area contributed by atoms with Crippen molar-refractivity contribution in [1.82, 2.24) is 9.80 Å². The highest BCUT2D eigenvalue weighted by Crippen LogP contribution is 2.26. The molecule has 0 unspecified atom stereocenters. The fraction of sp³-hybridized carbons (Fsp3) is 0.333. The first-order valence-corrected chi connectivity index (χ1v) is 7.45. The maximum atomic E-state index is 12.0. The summed E-state index contributed by atoms with van der Waals surface area (Å²) in [4.78, 5) is 28.0. The number of carbonyl (C=O) groups excluding carboxylic acids is 2. The molecule has 20 heavy (non-hydrogen) atoms. The van der Waals surface area contributed by atoms with Crippen molar-refractivity contribution in [3.8, 4) is 0 Å². The Morgan fingerprint density at radius 3 is 2.65 bits per heavy atom. The number of urea groups is 1. The van der Waals surface area contributed by atoms with Crippen molar-refractivity contribution in [2.75, 3.05) is 13.6 Å². The zero-order valence-corrected chi connectivity index (χ0v) is 12.3. The molecule has 1 aromatic heterocycles. The number of benzene rings is 1. The van der Waals surface area contributed by atoms with Gasteiger partial charge >= 0.3 is 6.03 Å². The molecule has 0 saturated carbocycles. The molecule has 3 rings (SSSR count). The largest absolute Gasteiger partial charge is 0.327 e. The van der Waals surface area contributed by atoms with Gasteiger partial charge in [0.2, 0.25) is 0 Å². The van der Waals surface area contributed by atoms with E-state index in [2.05, 4.69) is 18.2 Å². The fourth-order valence-corrected chi connectivity index (χ4v) is 3.48. The van der Waals surface area contributed by atoms with Crippen LogP contribution in [0.15, 0.2) is 30.3 Å². The number of hydrogen-bond acceptors (Lipinski definition) is 3. The first kappa shape index (κ1) is 13.1. The number of rotatable bonds is 3. The molecule has 0 aliphatic carbocycles. The Kier molecular flexibility index (Phi) is 3.22. The van der Waals surface area contributed by atoms with Gasteiger partial charge < -0.3 is 4.90 Å². The molecule has 1 atom stereocenters. The van der Waals surface area contributed by atoms with Gasteiger partial charge in [-0.3, -0.25) is 9.69 Å². The standard InChI is InChI=1S/C15H16N2O2S/c1-10-14(18)17(15(19)16(10)2)8-7-12-9-11-5-3-4-6-13(11)20-12/h3-6,9-10H,7-8H2,1-2H3/t10-/m0/s1. The van der Waals surface area contributed by atoms with Gasteiger partial charge in [-0.2, -0.15) is 0 Å². The molecule has 1 saturated heterocycles.